The molecule has 1 unspecified atom stereocenters. The average Bonchev–Trinajstić information content (AvgIpc) is 3.03. The lowest BCUT2D eigenvalue weighted by molar-refractivity contribution is -0.139. The van der Waals surface area contributed by atoms with Crippen LogP contribution in [0.5, 0.6) is 0 Å². The van der Waals surface area contributed by atoms with Crippen molar-refractivity contribution in [3.8, 4) is 0 Å². The molecule has 6 nitrogen and oxygen atoms in total. The van der Waals surface area contributed by atoms with Crippen LogP contribution in [0.15, 0.2) is 29.2 Å². The van der Waals surface area contributed by atoms with E-state index in [-0.39, 0.29) is 36.5 Å². The zero-order valence-corrected chi connectivity index (χ0v) is 15.7. The van der Waals surface area contributed by atoms with Crippen molar-refractivity contribution in [3.05, 3.63) is 24.3 Å². The number of rotatable bonds is 5. The number of thioether (sulfide) groups is 1. The molecule has 0 spiro atoms. The zero-order valence-electron chi connectivity index (χ0n) is 14.9. The van der Waals surface area contributed by atoms with E-state index in [0.717, 1.165) is 23.4 Å². The fourth-order valence-electron chi connectivity index (χ4n) is 3.75. The molecule has 2 saturated heterocycles. The lowest BCUT2D eigenvalue weighted by Crippen LogP contribution is -2.42. The van der Waals surface area contributed by atoms with Crippen LogP contribution >= 0.6 is 11.8 Å². The number of hydrogen-bond donors (Lipinski definition) is 1. The molecule has 1 N–H and O–H groups in total. The second kappa shape index (κ2) is 8.12. The number of benzene rings is 1. The van der Waals surface area contributed by atoms with Crippen molar-refractivity contribution in [1.82, 2.24) is 4.90 Å². The molecular formula is C19H24N2O4S. The van der Waals surface area contributed by atoms with Crippen LogP contribution in [-0.2, 0) is 14.4 Å². The molecule has 0 saturated carbocycles. The van der Waals surface area contributed by atoms with Gasteiger partial charge in [0.05, 0.1) is 5.92 Å². The number of piperidine rings is 1. The molecular weight excluding hydrogens is 352 g/mol. The molecule has 0 aromatic heterocycles. The lowest BCUT2D eigenvalue weighted by Gasteiger charge is -2.33. The van der Waals surface area contributed by atoms with Gasteiger partial charge in [-0.2, -0.15) is 0 Å². The summed E-state index contributed by atoms with van der Waals surface area (Å²) in [5.74, 6) is -0.928. The number of aliphatic carboxylic acids is 1. The highest BCUT2D eigenvalue weighted by Crippen LogP contribution is 2.29. The van der Waals surface area contributed by atoms with E-state index in [9.17, 15) is 14.4 Å². The van der Waals surface area contributed by atoms with Gasteiger partial charge in [0.25, 0.3) is 0 Å². The quantitative estimate of drug-likeness (QED) is 0.799. The molecule has 7 heteroatoms. The predicted octanol–water partition coefficient (Wildman–Crippen LogP) is 2.47. The molecule has 1 aromatic carbocycles. The summed E-state index contributed by atoms with van der Waals surface area (Å²) in [5, 5.41) is 8.89. The summed E-state index contributed by atoms with van der Waals surface area (Å²) in [7, 11) is 0. The fourth-order valence-corrected chi connectivity index (χ4v) is 4.16. The molecule has 2 heterocycles. The van der Waals surface area contributed by atoms with Gasteiger partial charge in [-0.05, 0) is 49.3 Å². The number of likely N-dealkylation sites (tertiary alicyclic amines) is 1. The monoisotopic (exact) mass is 376 g/mol. The second-order valence-electron chi connectivity index (χ2n) is 6.97. The van der Waals surface area contributed by atoms with Crippen molar-refractivity contribution in [2.24, 2.45) is 11.8 Å². The Hall–Kier alpha value is -2.02. The molecule has 1 aromatic rings. The van der Waals surface area contributed by atoms with Crippen LogP contribution in [0.1, 0.15) is 25.7 Å². The molecule has 0 radical (unpaired) electrons. The molecule has 2 fully saturated rings. The van der Waals surface area contributed by atoms with Gasteiger partial charge in [0.2, 0.25) is 11.8 Å². The number of anilines is 1. The molecule has 3 rings (SSSR count). The van der Waals surface area contributed by atoms with E-state index in [0.29, 0.717) is 19.6 Å². The Kier molecular flexibility index (Phi) is 5.86. The predicted molar refractivity (Wildman–Crippen MR) is 100 cm³/mol. The van der Waals surface area contributed by atoms with Gasteiger partial charge in [0, 0.05) is 43.1 Å². The highest BCUT2D eigenvalue weighted by Gasteiger charge is 2.38. The van der Waals surface area contributed by atoms with Gasteiger partial charge in [0.15, 0.2) is 0 Å². The Morgan fingerprint density at radius 2 is 1.85 bits per heavy atom. The molecule has 2 amide bonds. The highest BCUT2D eigenvalue weighted by atomic mass is 32.2. The van der Waals surface area contributed by atoms with Crippen molar-refractivity contribution in [2.45, 2.75) is 30.6 Å². The molecule has 1 atom stereocenters. The maximum Gasteiger partial charge on any atom is 0.303 e. The smallest absolute Gasteiger partial charge is 0.303 e. The standard InChI is InChI=1S/C19H24N2O4S/c1-26-16-4-2-15(3-5-16)21-12-14(11-17(21)22)19(25)20-8-6-13(7-9-20)10-18(23)24/h2-5,13-14H,6-12H2,1H3,(H,23,24). The van der Waals surface area contributed by atoms with Gasteiger partial charge < -0.3 is 14.9 Å². The fraction of sp³-hybridized carbons (Fsp3) is 0.526. The SMILES string of the molecule is CSc1ccc(N2CC(C(=O)N3CCC(CC(=O)O)CC3)CC2=O)cc1. The van der Waals surface area contributed by atoms with Crippen LogP contribution in [0.4, 0.5) is 5.69 Å². The Bertz CT molecular complexity index is 683. The van der Waals surface area contributed by atoms with Crippen LogP contribution in [0.25, 0.3) is 0 Å². The number of nitrogens with zero attached hydrogens (tertiary/aromatic N) is 2. The molecule has 140 valence electrons. The number of carbonyl (C=O) groups is 3. The van der Waals surface area contributed by atoms with Crippen molar-refractivity contribution < 1.29 is 19.5 Å². The van der Waals surface area contributed by atoms with Crippen molar-refractivity contribution in [2.75, 3.05) is 30.8 Å². The maximum absolute atomic E-state index is 12.8. The summed E-state index contributed by atoms with van der Waals surface area (Å²) in [6.07, 6.45) is 3.86. The number of amides is 2. The van der Waals surface area contributed by atoms with Crippen LogP contribution in [0.3, 0.4) is 0 Å². The minimum absolute atomic E-state index is 0.0129. The number of carboxylic acid groups (broad SMARTS) is 1. The number of carbonyl (C=O) groups excluding carboxylic acids is 2. The minimum Gasteiger partial charge on any atom is -0.481 e. The van der Waals surface area contributed by atoms with Crippen LogP contribution in [-0.4, -0.2) is 53.7 Å². The Morgan fingerprint density at radius 1 is 1.19 bits per heavy atom. The van der Waals surface area contributed by atoms with Gasteiger partial charge in [0.1, 0.15) is 0 Å². The molecule has 0 aliphatic carbocycles. The Balaban J connectivity index is 1.58. The van der Waals surface area contributed by atoms with Crippen LogP contribution < -0.4 is 4.90 Å². The summed E-state index contributed by atoms with van der Waals surface area (Å²) in [4.78, 5) is 40.6. The first-order chi connectivity index (χ1) is 12.5. The normalized spacial score (nSPS) is 21.3. The molecule has 0 bridgehead atoms. The topological polar surface area (TPSA) is 77.9 Å². The summed E-state index contributed by atoms with van der Waals surface area (Å²) in [6, 6.07) is 7.81. The third-order valence-corrected chi connectivity index (χ3v) is 5.99. The summed E-state index contributed by atoms with van der Waals surface area (Å²) in [5.41, 5.74) is 0.836. The molecule has 26 heavy (non-hydrogen) atoms. The second-order valence-corrected chi connectivity index (χ2v) is 7.85. The van der Waals surface area contributed by atoms with E-state index in [1.165, 1.54) is 0 Å². The van der Waals surface area contributed by atoms with Gasteiger partial charge >= 0.3 is 5.97 Å². The third kappa shape index (κ3) is 4.20. The lowest BCUT2D eigenvalue weighted by atomic mass is 9.92. The van der Waals surface area contributed by atoms with Crippen molar-refractivity contribution in [1.29, 1.82) is 0 Å². The summed E-state index contributed by atoms with van der Waals surface area (Å²) < 4.78 is 0. The van der Waals surface area contributed by atoms with Crippen molar-refractivity contribution in [3.63, 3.8) is 0 Å². The maximum atomic E-state index is 12.8. The first kappa shape index (κ1) is 18.8. The Labute approximate surface area is 157 Å². The highest BCUT2D eigenvalue weighted by molar-refractivity contribution is 7.98. The third-order valence-electron chi connectivity index (χ3n) is 5.25. The van der Waals surface area contributed by atoms with E-state index in [2.05, 4.69) is 0 Å². The van der Waals surface area contributed by atoms with Crippen LogP contribution in [0.2, 0.25) is 0 Å². The average molecular weight is 376 g/mol. The van der Waals surface area contributed by atoms with Crippen molar-refractivity contribution >= 4 is 35.2 Å². The van der Waals surface area contributed by atoms with Gasteiger partial charge in [-0.1, -0.05) is 0 Å². The zero-order chi connectivity index (χ0) is 18.7. The van der Waals surface area contributed by atoms with Gasteiger partial charge in [-0.25, -0.2) is 0 Å². The number of carboxylic acids is 1. The van der Waals surface area contributed by atoms with E-state index in [4.69, 9.17) is 5.11 Å². The molecule has 2 aliphatic heterocycles. The van der Waals surface area contributed by atoms with E-state index in [1.807, 2.05) is 30.5 Å². The first-order valence-corrected chi connectivity index (χ1v) is 10.2. The largest absolute Gasteiger partial charge is 0.481 e. The van der Waals surface area contributed by atoms with E-state index >= 15 is 0 Å². The Morgan fingerprint density at radius 3 is 2.42 bits per heavy atom. The summed E-state index contributed by atoms with van der Waals surface area (Å²) >= 11 is 1.65. The molecule has 2 aliphatic rings. The minimum atomic E-state index is -0.778. The number of hydrogen-bond acceptors (Lipinski definition) is 4. The first-order valence-electron chi connectivity index (χ1n) is 8.93. The van der Waals surface area contributed by atoms with E-state index in [1.54, 1.807) is 21.6 Å². The van der Waals surface area contributed by atoms with Crippen LogP contribution in [0, 0.1) is 11.8 Å². The van der Waals surface area contributed by atoms with Gasteiger partial charge in [-0.15, -0.1) is 11.8 Å². The summed E-state index contributed by atoms with van der Waals surface area (Å²) in [6.45, 7) is 1.60. The van der Waals surface area contributed by atoms with E-state index < -0.39 is 5.97 Å². The van der Waals surface area contributed by atoms with Gasteiger partial charge in [-0.3, -0.25) is 14.4 Å².